The number of hydrogen-bond acceptors (Lipinski definition) is 4. The monoisotopic (exact) mass is 416 g/mol. The van der Waals surface area contributed by atoms with Crippen molar-refractivity contribution in [2.24, 2.45) is 0 Å². The molecule has 5 nitrogen and oxygen atoms in total. The highest BCUT2D eigenvalue weighted by atomic mass is 16.5. The van der Waals surface area contributed by atoms with Crippen molar-refractivity contribution in [3.63, 3.8) is 0 Å². The van der Waals surface area contributed by atoms with Crippen LogP contribution in [0.15, 0.2) is 73.1 Å². The van der Waals surface area contributed by atoms with Crippen molar-refractivity contribution < 1.29 is 14.3 Å². The fourth-order valence-corrected chi connectivity index (χ4v) is 3.40. The summed E-state index contributed by atoms with van der Waals surface area (Å²) in [5, 5.41) is 0. The molecule has 3 rings (SSSR count). The molecule has 31 heavy (non-hydrogen) atoms. The zero-order valence-electron chi connectivity index (χ0n) is 18.1. The van der Waals surface area contributed by atoms with Crippen LogP contribution in [-0.2, 0) is 16.0 Å². The number of carbonyl (C=O) groups excluding carboxylic acids is 2. The Morgan fingerprint density at radius 2 is 1.65 bits per heavy atom. The molecule has 1 heterocycles. The number of ketones is 1. The maximum absolute atomic E-state index is 12.5. The van der Waals surface area contributed by atoms with Crippen molar-refractivity contribution in [2.45, 2.75) is 26.2 Å². The second-order valence-corrected chi connectivity index (χ2v) is 7.30. The zero-order valence-corrected chi connectivity index (χ0v) is 18.1. The fourth-order valence-electron chi connectivity index (χ4n) is 3.40. The third-order valence-corrected chi connectivity index (χ3v) is 5.21. The topological polar surface area (TPSA) is 59.5 Å². The predicted molar refractivity (Wildman–Crippen MR) is 123 cm³/mol. The van der Waals surface area contributed by atoms with E-state index in [1.165, 1.54) is 0 Å². The number of carbonyl (C=O) groups is 2. The predicted octanol–water partition coefficient (Wildman–Crippen LogP) is 4.95. The number of aryl methyl sites for hydroxylation is 1. The fraction of sp³-hybridized carbons (Fsp3) is 0.269. The van der Waals surface area contributed by atoms with E-state index >= 15 is 0 Å². The molecule has 0 saturated heterocycles. The summed E-state index contributed by atoms with van der Waals surface area (Å²) in [6.07, 6.45) is 5.12. The molecule has 0 radical (unpaired) electrons. The lowest BCUT2D eigenvalue weighted by Crippen LogP contribution is -2.33. The standard InChI is InChI=1S/C26H28N2O3/c1-3-26(30)28(17-18-31-2)24-13-11-22(12-14-24)21-7-9-23(10-8-21)25(29)15-6-20-5-4-16-27-19-20/h4-5,7-14,16,19H,3,6,15,17-18H2,1-2H3. The number of aromatic nitrogens is 1. The van der Waals surface area contributed by atoms with E-state index in [4.69, 9.17) is 4.74 Å². The Labute approximate surface area is 183 Å². The van der Waals surface area contributed by atoms with Crippen molar-refractivity contribution in [1.82, 2.24) is 4.98 Å². The van der Waals surface area contributed by atoms with Crippen LogP contribution in [0.3, 0.4) is 0 Å². The third-order valence-electron chi connectivity index (χ3n) is 5.21. The average molecular weight is 417 g/mol. The number of Topliss-reactive ketones (excluding diaryl/α,β-unsaturated/α-hetero) is 1. The second kappa shape index (κ2) is 11.2. The van der Waals surface area contributed by atoms with E-state index in [9.17, 15) is 9.59 Å². The van der Waals surface area contributed by atoms with Crippen LogP contribution in [0.5, 0.6) is 0 Å². The van der Waals surface area contributed by atoms with E-state index in [1.54, 1.807) is 24.4 Å². The van der Waals surface area contributed by atoms with Crippen LogP contribution in [0.2, 0.25) is 0 Å². The summed E-state index contributed by atoms with van der Waals surface area (Å²) in [6, 6.07) is 19.4. The summed E-state index contributed by atoms with van der Waals surface area (Å²) in [6.45, 7) is 2.87. The van der Waals surface area contributed by atoms with Gasteiger partial charge >= 0.3 is 0 Å². The van der Waals surface area contributed by atoms with E-state index in [0.717, 1.165) is 22.4 Å². The van der Waals surface area contributed by atoms with Gasteiger partial charge in [0, 0.05) is 50.1 Å². The largest absolute Gasteiger partial charge is 0.383 e. The summed E-state index contributed by atoms with van der Waals surface area (Å²) in [4.78, 5) is 30.6. The Morgan fingerprint density at radius 1 is 0.968 bits per heavy atom. The molecular weight excluding hydrogens is 388 g/mol. The number of nitrogens with zero attached hydrogens (tertiary/aromatic N) is 2. The lowest BCUT2D eigenvalue weighted by atomic mass is 9.99. The summed E-state index contributed by atoms with van der Waals surface area (Å²) in [5.74, 6) is 0.191. The van der Waals surface area contributed by atoms with Gasteiger partial charge in [-0.3, -0.25) is 14.6 Å². The zero-order chi connectivity index (χ0) is 22.1. The number of hydrogen-bond donors (Lipinski definition) is 0. The Morgan fingerprint density at radius 3 is 2.23 bits per heavy atom. The van der Waals surface area contributed by atoms with Gasteiger partial charge in [-0.1, -0.05) is 49.4 Å². The van der Waals surface area contributed by atoms with Crippen LogP contribution in [0.1, 0.15) is 35.7 Å². The first kappa shape index (κ1) is 22.4. The molecule has 1 amide bonds. The van der Waals surface area contributed by atoms with Gasteiger partial charge in [0.2, 0.25) is 5.91 Å². The second-order valence-electron chi connectivity index (χ2n) is 7.30. The molecule has 1 aromatic heterocycles. The van der Waals surface area contributed by atoms with Crippen molar-refractivity contribution in [1.29, 1.82) is 0 Å². The maximum atomic E-state index is 12.5. The van der Waals surface area contributed by atoms with E-state index in [2.05, 4.69) is 4.98 Å². The van der Waals surface area contributed by atoms with Gasteiger partial charge in [0.1, 0.15) is 0 Å². The first-order valence-electron chi connectivity index (χ1n) is 10.5. The minimum absolute atomic E-state index is 0.0685. The Balaban J connectivity index is 1.66. The van der Waals surface area contributed by atoms with Crippen molar-refractivity contribution >= 4 is 17.4 Å². The first-order valence-corrected chi connectivity index (χ1v) is 10.5. The summed E-state index contributed by atoms with van der Waals surface area (Å²) >= 11 is 0. The molecule has 0 aliphatic rings. The molecule has 0 saturated carbocycles. The van der Waals surface area contributed by atoms with Crippen molar-refractivity contribution in [2.75, 3.05) is 25.2 Å². The first-order chi connectivity index (χ1) is 15.1. The van der Waals surface area contributed by atoms with Gasteiger partial charge in [0.05, 0.1) is 6.61 Å². The summed E-state index contributed by atoms with van der Waals surface area (Å²) < 4.78 is 5.13. The Bertz CT molecular complexity index is 983. The minimum atomic E-state index is 0.0685. The van der Waals surface area contributed by atoms with Gasteiger partial charge in [-0.05, 0) is 41.3 Å². The number of benzene rings is 2. The number of anilines is 1. The van der Waals surface area contributed by atoms with Gasteiger partial charge in [-0.2, -0.15) is 0 Å². The highest BCUT2D eigenvalue weighted by molar-refractivity contribution is 5.96. The van der Waals surface area contributed by atoms with Crippen molar-refractivity contribution in [3.05, 3.63) is 84.2 Å². The number of rotatable bonds is 10. The molecule has 3 aromatic rings. The number of methoxy groups -OCH3 is 1. The summed E-state index contributed by atoms with van der Waals surface area (Å²) in [7, 11) is 1.63. The lowest BCUT2D eigenvalue weighted by Gasteiger charge is -2.22. The molecular formula is C26H28N2O3. The smallest absolute Gasteiger partial charge is 0.226 e. The quantitative estimate of drug-likeness (QED) is 0.439. The molecule has 5 heteroatoms. The van der Waals surface area contributed by atoms with Gasteiger partial charge in [0.25, 0.3) is 0 Å². The summed E-state index contributed by atoms with van der Waals surface area (Å²) in [5.41, 5.74) is 4.70. The molecule has 0 unspecified atom stereocenters. The van der Waals surface area contributed by atoms with E-state index in [1.807, 2.05) is 67.6 Å². The lowest BCUT2D eigenvalue weighted by molar-refractivity contribution is -0.118. The van der Waals surface area contributed by atoms with E-state index < -0.39 is 0 Å². The molecule has 0 spiro atoms. The van der Waals surface area contributed by atoms with Crippen LogP contribution in [0.4, 0.5) is 5.69 Å². The molecule has 0 atom stereocenters. The Hall–Kier alpha value is -3.31. The number of ether oxygens (including phenoxy) is 1. The molecule has 0 aliphatic carbocycles. The third kappa shape index (κ3) is 6.09. The molecule has 0 bridgehead atoms. The van der Waals surface area contributed by atoms with E-state index in [0.29, 0.717) is 38.0 Å². The minimum Gasteiger partial charge on any atom is -0.383 e. The molecule has 0 aliphatic heterocycles. The van der Waals surface area contributed by atoms with Gasteiger partial charge in [-0.15, -0.1) is 0 Å². The van der Waals surface area contributed by atoms with Gasteiger partial charge < -0.3 is 9.64 Å². The van der Waals surface area contributed by atoms with Crippen LogP contribution in [0.25, 0.3) is 11.1 Å². The number of pyridine rings is 1. The van der Waals surface area contributed by atoms with Crippen LogP contribution >= 0.6 is 0 Å². The van der Waals surface area contributed by atoms with Gasteiger partial charge in [-0.25, -0.2) is 0 Å². The molecule has 0 N–H and O–H groups in total. The van der Waals surface area contributed by atoms with Crippen molar-refractivity contribution in [3.8, 4) is 11.1 Å². The average Bonchev–Trinajstić information content (AvgIpc) is 2.83. The molecule has 2 aromatic carbocycles. The van der Waals surface area contributed by atoms with E-state index in [-0.39, 0.29) is 11.7 Å². The van der Waals surface area contributed by atoms with Gasteiger partial charge in [0.15, 0.2) is 5.78 Å². The molecule has 0 fully saturated rings. The maximum Gasteiger partial charge on any atom is 0.226 e. The highest BCUT2D eigenvalue weighted by Crippen LogP contribution is 2.24. The number of amides is 1. The highest BCUT2D eigenvalue weighted by Gasteiger charge is 2.14. The van der Waals surface area contributed by atoms with Crippen LogP contribution in [-0.4, -0.2) is 36.9 Å². The Kier molecular flexibility index (Phi) is 8.07. The van der Waals surface area contributed by atoms with Crippen LogP contribution < -0.4 is 4.90 Å². The van der Waals surface area contributed by atoms with Crippen LogP contribution in [0, 0.1) is 0 Å². The SMILES string of the molecule is CCC(=O)N(CCOC)c1ccc(-c2ccc(C(=O)CCc3cccnc3)cc2)cc1. The molecule has 160 valence electrons. The normalized spacial score (nSPS) is 10.6.